The highest BCUT2D eigenvalue weighted by atomic mass is 16.3. The van der Waals surface area contributed by atoms with Crippen molar-refractivity contribution in [1.29, 1.82) is 0 Å². The molecule has 2 aromatic heterocycles. The molecule has 0 amide bonds. The molecule has 0 saturated heterocycles. The van der Waals surface area contributed by atoms with Crippen LogP contribution in [0.4, 0.5) is 0 Å². The van der Waals surface area contributed by atoms with Crippen molar-refractivity contribution in [3.8, 4) is 0 Å². The molecule has 0 aliphatic carbocycles. The van der Waals surface area contributed by atoms with Gasteiger partial charge in [-0.05, 0) is 23.6 Å². The van der Waals surface area contributed by atoms with Crippen LogP contribution in [0.2, 0.25) is 0 Å². The first-order valence-electron chi connectivity index (χ1n) is 8.74. The number of aromatic nitrogens is 2. The largest absolute Gasteiger partial charge is 0.390 e. The van der Waals surface area contributed by atoms with Crippen LogP contribution in [0.25, 0.3) is 21.8 Å². The fourth-order valence-corrected chi connectivity index (χ4v) is 3.57. The minimum Gasteiger partial charge on any atom is -0.390 e. The lowest BCUT2D eigenvalue weighted by atomic mass is 10.0. The summed E-state index contributed by atoms with van der Waals surface area (Å²) >= 11 is 0. The molecular weight excluding hydrogens is 308 g/mol. The van der Waals surface area contributed by atoms with E-state index in [9.17, 15) is 5.11 Å². The van der Waals surface area contributed by atoms with Crippen LogP contribution in [0.1, 0.15) is 36.7 Å². The lowest BCUT2D eigenvalue weighted by Crippen LogP contribution is -2.05. The van der Waals surface area contributed by atoms with E-state index in [1.807, 2.05) is 12.1 Å². The van der Waals surface area contributed by atoms with Gasteiger partial charge in [0.25, 0.3) is 0 Å². The molecule has 126 valence electrons. The molecule has 0 saturated carbocycles. The van der Waals surface area contributed by atoms with Gasteiger partial charge in [-0.2, -0.15) is 0 Å². The van der Waals surface area contributed by atoms with Crippen LogP contribution >= 0.6 is 0 Å². The van der Waals surface area contributed by atoms with E-state index in [1.165, 1.54) is 27.4 Å². The maximum absolute atomic E-state index is 9.65. The molecular formula is C22H22N2O. The van der Waals surface area contributed by atoms with E-state index < -0.39 is 0 Å². The van der Waals surface area contributed by atoms with Crippen LogP contribution in [-0.4, -0.2) is 14.7 Å². The fourth-order valence-electron chi connectivity index (χ4n) is 3.57. The molecule has 0 spiro atoms. The number of fused-ring (bicyclic) bond motifs is 3. The first-order valence-corrected chi connectivity index (χ1v) is 8.74. The summed E-state index contributed by atoms with van der Waals surface area (Å²) in [5.41, 5.74) is 5.44. The summed E-state index contributed by atoms with van der Waals surface area (Å²) in [7, 11) is 0. The third-order valence-corrected chi connectivity index (χ3v) is 4.72. The van der Waals surface area contributed by atoms with Crippen LogP contribution in [0.3, 0.4) is 0 Å². The summed E-state index contributed by atoms with van der Waals surface area (Å²) in [6, 6.07) is 21.0. The molecule has 25 heavy (non-hydrogen) atoms. The number of pyridine rings is 1. The summed E-state index contributed by atoms with van der Waals surface area (Å²) in [6.45, 7) is 5.10. The number of nitrogens with zero attached hydrogens (tertiary/aromatic N) is 2. The monoisotopic (exact) mass is 330 g/mol. The Bertz CT molecular complexity index is 1030. The van der Waals surface area contributed by atoms with Gasteiger partial charge in [-0.3, -0.25) is 4.98 Å². The predicted octanol–water partition coefficient (Wildman–Crippen LogP) is 4.85. The van der Waals surface area contributed by atoms with E-state index in [1.54, 1.807) is 0 Å². The quantitative estimate of drug-likeness (QED) is 0.580. The fraction of sp³-hybridized carbons (Fsp3) is 0.227. The zero-order valence-corrected chi connectivity index (χ0v) is 14.6. The first-order chi connectivity index (χ1) is 12.2. The lowest BCUT2D eigenvalue weighted by molar-refractivity contribution is 0.276. The van der Waals surface area contributed by atoms with Crippen molar-refractivity contribution < 1.29 is 5.11 Å². The van der Waals surface area contributed by atoms with Gasteiger partial charge in [-0.25, -0.2) is 0 Å². The second-order valence-electron chi connectivity index (χ2n) is 6.80. The Kier molecular flexibility index (Phi) is 4.02. The van der Waals surface area contributed by atoms with Crippen molar-refractivity contribution in [3.05, 3.63) is 77.6 Å². The molecule has 4 rings (SSSR count). The minimum absolute atomic E-state index is 0.0339. The number of rotatable bonds is 4. The molecule has 3 nitrogen and oxygen atoms in total. The topological polar surface area (TPSA) is 38.1 Å². The van der Waals surface area contributed by atoms with Gasteiger partial charge in [-0.15, -0.1) is 0 Å². The molecule has 0 aliphatic rings. The van der Waals surface area contributed by atoms with Gasteiger partial charge in [0.1, 0.15) is 0 Å². The van der Waals surface area contributed by atoms with E-state index in [4.69, 9.17) is 4.98 Å². The Morgan fingerprint density at radius 3 is 2.40 bits per heavy atom. The van der Waals surface area contributed by atoms with Crippen LogP contribution in [0, 0.1) is 0 Å². The van der Waals surface area contributed by atoms with E-state index in [0.717, 1.165) is 17.9 Å². The van der Waals surface area contributed by atoms with Crippen molar-refractivity contribution in [1.82, 2.24) is 9.55 Å². The number of aliphatic hydroxyl groups is 1. The summed E-state index contributed by atoms with van der Waals surface area (Å²) in [4.78, 5) is 4.75. The van der Waals surface area contributed by atoms with Gasteiger partial charge in [-0.1, -0.05) is 62.4 Å². The standard InChI is InChI=1S/C22H22N2O/c1-15(2)21-22-19(12-17(14-25)23-21)18-10-6-7-11-20(18)24(22)13-16-8-4-3-5-9-16/h3-12,15,25H,13-14H2,1-2H3. The highest BCUT2D eigenvalue weighted by Crippen LogP contribution is 2.34. The molecule has 2 heterocycles. The Labute approximate surface area is 147 Å². The maximum Gasteiger partial charge on any atom is 0.0853 e. The van der Waals surface area contributed by atoms with Gasteiger partial charge < -0.3 is 9.67 Å². The average molecular weight is 330 g/mol. The summed E-state index contributed by atoms with van der Waals surface area (Å²) in [6.07, 6.45) is 0. The van der Waals surface area contributed by atoms with Gasteiger partial charge in [0.15, 0.2) is 0 Å². The number of para-hydroxylation sites is 1. The summed E-state index contributed by atoms with van der Waals surface area (Å²) in [5, 5.41) is 12.0. The molecule has 0 atom stereocenters. The Hall–Kier alpha value is -2.65. The second-order valence-corrected chi connectivity index (χ2v) is 6.80. The highest BCUT2D eigenvalue weighted by molar-refractivity contribution is 6.09. The number of benzene rings is 2. The Morgan fingerprint density at radius 1 is 0.960 bits per heavy atom. The number of aliphatic hydroxyl groups excluding tert-OH is 1. The minimum atomic E-state index is -0.0339. The molecule has 0 aliphatic heterocycles. The van der Waals surface area contributed by atoms with Crippen molar-refractivity contribution in [3.63, 3.8) is 0 Å². The van der Waals surface area contributed by atoms with E-state index in [-0.39, 0.29) is 12.5 Å². The summed E-state index contributed by atoms with van der Waals surface area (Å²) in [5.74, 6) is 0.285. The summed E-state index contributed by atoms with van der Waals surface area (Å²) < 4.78 is 2.36. The highest BCUT2D eigenvalue weighted by Gasteiger charge is 2.18. The SMILES string of the molecule is CC(C)c1nc(CO)cc2c3ccccc3n(Cc3ccccc3)c12. The first kappa shape index (κ1) is 15.9. The smallest absolute Gasteiger partial charge is 0.0853 e. The van der Waals surface area contributed by atoms with Crippen LogP contribution in [0.15, 0.2) is 60.7 Å². The zero-order chi connectivity index (χ0) is 17.4. The lowest BCUT2D eigenvalue weighted by Gasteiger charge is -2.14. The zero-order valence-electron chi connectivity index (χ0n) is 14.6. The molecule has 4 aromatic rings. The molecule has 0 unspecified atom stereocenters. The molecule has 3 heteroatoms. The van der Waals surface area contributed by atoms with Crippen molar-refractivity contribution in [2.24, 2.45) is 0 Å². The Balaban J connectivity index is 2.08. The molecule has 0 bridgehead atoms. The van der Waals surface area contributed by atoms with E-state index >= 15 is 0 Å². The number of hydrogen-bond acceptors (Lipinski definition) is 2. The Morgan fingerprint density at radius 2 is 1.68 bits per heavy atom. The number of hydrogen-bond donors (Lipinski definition) is 1. The van der Waals surface area contributed by atoms with Crippen LogP contribution < -0.4 is 0 Å². The van der Waals surface area contributed by atoms with Crippen molar-refractivity contribution >= 4 is 21.8 Å². The third-order valence-electron chi connectivity index (χ3n) is 4.72. The van der Waals surface area contributed by atoms with Gasteiger partial charge in [0, 0.05) is 22.8 Å². The molecule has 1 N–H and O–H groups in total. The van der Waals surface area contributed by atoms with Crippen LogP contribution in [0.5, 0.6) is 0 Å². The molecule has 0 radical (unpaired) electrons. The van der Waals surface area contributed by atoms with E-state index in [2.05, 4.69) is 66.9 Å². The third kappa shape index (κ3) is 2.71. The second kappa shape index (κ2) is 6.34. The van der Waals surface area contributed by atoms with Crippen molar-refractivity contribution in [2.45, 2.75) is 32.9 Å². The molecule has 0 fully saturated rings. The predicted molar refractivity (Wildman–Crippen MR) is 103 cm³/mol. The van der Waals surface area contributed by atoms with Gasteiger partial charge in [0.2, 0.25) is 0 Å². The van der Waals surface area contributed by atoms with Crippen LogP contribution in [-0.2, 0) is 13.2 Å². The molecule has 2 aromatic carbocycles. The van der Waals surface area contributed by atoms with Crippen molar-refractivity contribution in [2.75, 3.05) is 0 Å². The maximum atomic E-state index is 9.65. The average Bonchev–Trinajstić information content (AvgIpc) is 2.96. The van der Waals surface area contributed by atoms with Gasteiger partial charge >= 0.3 is 0 Å². The van der Waals surface area contributed by atoms with Gasteiger partial charge in [0.05, 0.1) is 23.5 Å². The normalized spacial score (nSPS) is 11.7. The van der Waals surface area contributed by atoms with E-state index in [0.29, 0.717) is 0 Å².